The molecule has 32 nitrogen and oxygen atoms in total. The SMILES string of the molecule is CCCc1nc(-c2ccc(F)c(C)c2)nn1CC(=O)N1CCc2nc(C)sc2CC1.CCCc1nc(-c2ccc(F)c(C)c2)nn1CC(=O)N1CCc2nc(N)sc2CC1.CCCc1nc(-c2ccc(F)c(C)c2)nn1CC(=O)N1Cc2nc(C)sc2C1.Cc1cc(-c2nc(C(C)C)n(CC(=O)N3CCc4nc(N)sc4CC3)n2)ccc1F.Cc1nc2c(s1)CCN(C(=O)Cn1nc(-c3ccc(F)c(C)c3)nc1C(C)C)CC2. The highest BCUT2D eigenvalue weighted by Gasteiger charge is 2.33. The van der Waals surface area contributed by atoms with Crippen molar-refractivity contribution in [1.29, 1.82) is 0 Å². The lowest BCUT2D eigenvalue weighted by Gasteiger charge is -2.20. The minimum absolute atomic E-state index is 0.00626. The van der Waals surface area contributed by atoms with Crippen LogP contribution in [0.25, 0.3) is 56.9 Å². The fourth-order valence-electron chi connectivity index (χ4n) is 18.3. The van der Waals surface area contributed by atoms with E-state index in [0.717, 1.165) is 177 Å². The molecule has 5 aliphatic rings. The molecule has 4 N–H and O–H groups in total. The maximum atomic E-state index is 13.6. The van der Waals surface area contributed by atoms with E-state index in [1.165, 1.54) is 77.4 Å². The van der Waals surface area contributed by atoms with Gasteiger partial charge in [0.2, 0.25) is 29.5 Å². The highest BCUT2D eigenvalue weighted by atomic mass is 32.1. The molecular formula is C106H124F5N27O5S5. The lowest BCUT2D eigenvalue weighted by molar-refractivity contribution is -0.133. The van der Waals surface area contributed by atoms with Gasteiger partial charge in [-0.2, -0.15) is 25.5 Å². The van der Waals surface area contributed by atoms with Crippen LogP contribution in [0.4, 0.5) is 32.2 Å². The molecule has 20 rings (SSSR count). The molecule has 15 heterocycles. The van der Waals surface area contributed by atoms with Gasteiger partial charge in [-0.3, -0.25) is 24.0 Å². The van der Waals surface area contributed by atoms with Crippen LogP contribution < -0.4 is 11.5 Å². The van der Waals surface area contributed by atoms with Crippen molar-refractivity contribution >= 4 is 96.5 Å². The van der Waals surface area contributed by atoms with Gasteiger partial charge >= 0.3 is 0 Å². The Bertz CT molecular complexity index is 6870. The first-order chi connectivity index (χ1) is 70.9. The molecule has 0 unspecified atom stereocenters. The van der Waals surface area contributed by atoms with E-state index >= 15 is 0 Å². The molecule has 0 saturated heterocycles. The van der Waals surface area contributed by atoms with Crippen molar-refractivity contribution in [1.82, 2.24) is 123 Å². The molecule has 5 aromatic carbocycles. The third kappa shape index (κ3) is 26.1. The van der Waals surface area contributed by atoms with Gasteiger partial charge in [-0.25, -0.2) is 95.2 Å². The summed E-state index contributed by atoms with van der Waals surface area (Å²) in [7, 11) is 0. The Hall–Kier alpha value is -13.5. The molecule has 0 atom stereocenters. The summed E-state index contributed by atoms with van der Waals surface area (Å²) >= 11 is 8.12. The number of nitrogens with zero attached hydrogens (tertiary/aromatic N) is 25. The smallest absolute Gasteiger partial charge is 0.245 e. The van der Waals surface area contributed by atoms with Crippen LogP contribution in [0.2, 0.25) is 0 Å². The second kappa shape index (κ2) is 47.8. The van der Waals surface area contributed by atoms with Gasteiger partial charge in [-0.1, -0.05) is 48.5 Å². The number of thiazole rings is 5. The molecule has 0 radical (unpaired) electrons. The number of anilines is 2. The summed E-state index contributed by atoms with van der Waals surface area (Å²) in [5, 5.41) is 27.3. The quantitative estimate of drug-likeness (QED) is 0.0562. The zero-order chi connectivity index (χ0) is 105. The Morgan fingerprint density at radius 3 is 0.818 bits per heavy atom. The van der Waals surface area contributed by atoms with Crippen LogP contribution in [-0.2, 0) is 140 Å². The van der Waals surface area contributed by atoms with E-state index in [4.69, 9.17) is 11.5 Å². The highest BCUT2D eigenvalue weighted by molar-refractivity contribution is 7.16. The van der Waals surface area contributed by atoms with E-state index in [1.807, 2.05) is 73.0 Å². The summed E-state index contributed by atoms with van der Waals surface area (Å²) in [4.78, 5) is 126. The minimum Gasteiger partial charge on any atom is -0.375 e. The van der Waals surface area contributed by atoms with Gasteiger partial charge in [0.1, 0.15) is 90.9 Å². The van der Waals surface area contributed by atoms with Crippen molar-refractivity contribution in [2.75, 3.05) is 63.8 Å². The number of rotatable bonds is 23. The first-order valence-corrected chi connectivity index (χ1v) is 54.3. The molecule has 5 aliphatic heterocycles. The molecule has 10 aromatic heterocycles. The van der Waals surface area contributed by atoms with Crippen LogP contribution in [0.5, 0.6) is 0 Å². The average molecular weight is 2110 g/mol. The first-order valence-electron chi connectivity index (χ1n) is 50.2. The van der Waals surface area contributed by atoms with Gasteiger partial charge < -0.3 is 36.0 Å². The molecule has 0 fully saturated rings. The van der Waals surface area contributed by atoms with Crippen molar-refractivity contribution in [2.24, 2.45) is 0 Å². The summed E-state index contributed by atoms with van der Waals surface area (Å²) in [6.45, 7) is 36.1. The predicted octanol–water partition coefficient (Wildman–Crippen LogP) is 17.5. The first kappa shape index (κ1) is 107. The third-order valence-electron chi connectivity index (χ3n) is 26.2. The van der Waals surface area contributed by atoms with Crippen LogP contribution in [-0.4, -0.2) is 205 Å². The van der Waals surface area contributed by atoms with Crippen molar-refractivity contribution in [2.45, 2.75) is 251 Å². The van der Waals surface area contributed by atoms with E-state index in [0.29, 0.717) is 145 Å². The number of aromatic nitrogens is 20. The number of aryl methyl sites for hydroxylation is 11. The van der Waals surface area contributed by atoms with Crippen molar-refractivity contribution in [3.8, 4) is 56.9 Å². The highest BCUT2D eigenvalue weighted by Crippen LogP contribution is 2.35. The number of halogens is 5. The van der Waals surface area contributed by atoms with Gasteiger partial charge in [0.25, 0.3) is 0 Å². The summed E-state index contributed by atoms with van der Waals surface area (Å²) in [5.74, 6) is 5.49. The number of fused-ring (bicyclic) bond motifs is 5. The van der Waals surface area contributed by atoms with Gasteiger partial charge in [-0.15, -0.1) is 56.7 Å². The lowest BCUT2D eigenvalue weighted by atomic mass is 10.1. The number of amides is 5. The Kier molecular flexibility index (Phi) is 34.7. The number of benzene rings is 5. The van der Waals surface area contributed by atoms with Crippen LogP contribution in [0.15, 0.2) is 91.0 Å². The molecule has 0 aliphatic carbocycles. The summed E-state index contributed by atoms with van der Waals surface area (Å²) < 4.78 is 76.6. The summed E-state index contributed by atoms with van der Waals surface area (Å²) in [5.41, 5.74) is 23.4. The van der Waals surface area contributed by atoms with Crippen molar-refractivity contribution in [3.05, 3.63) is 245 Å². The fourth-order valence-corrected chi connectivity index (χ4v) is 22.9. The van der Waals surface area contributed by atoms with E-state index in [9.17, 15) is 45.9 Å². The van der Waals surface area contributed by atoms with E-state index in [2.05, 4.69) is 96.1 Å². The Labute approximate surface area is 876 Å². The number of hydrogen-bond donors (Lipinski definition) is 2. The van der Waals surface area contributed by atoms with Gasteiger partial charge in [0.15, 0.2) is 39.4 Å². The molecule has 0 saturated carbocycles. The molecule has 42 heteroatoms. The number of nitrogen functional groups attached to an aromatic ring is 2. The molecule has 15 aromatic rings. The Morgan fingerprint density at radius 1 is 0.297 bits per heavy atom. The molecule has 148 heavy (non-hydrogen) atoms. The lowest BCUT2D eigenvalue weighted by Crippen LogP contribution is -2.36. The topological polar surface area (TPSA) is 372 Å². The predicted molar refractivity (Wildman–Crippen MR) is 565 cm³/mol. The van der Waals surface area contributed by atoms with Crippen molar-refractivity contribution in [3.63, 3.8) is 0 Å². The number of nitrogens with two attached hydrogens (primary N) is 2. The number of hydrogen-bond acceptors (Lipinski definition) is 27. The van der Waals surface area contributed by atoms with Crippen molar-refractivity contribution < 1.29 is 45.9 Å². The zero-order valence-electron chi connectivity index (χ0n) is 86.1. The molecular weight excluding hydrogens is 1990 g/mol. The van der Waals surface area contributed by atoms with Gasteiger partial charge in [0.05, 0.1) is 56.6 Å². The Morgan fingerprint density at radius 2 is 0.541 bits per heavy atom. The minimum atomic E-state index is -0.261. The van der Waals surface area contributed by atoms with E-state index in [1.54, 1.807) is 153 Å². The molecule has 5 amide bonds. The maximum absolute atomic E-state index is 13.6. The van der Waals surface area contributed by atoms with Gasteiger partial charge in [-0.05, 0) is 193 Å². The molecule has 0 bridgehead atoms. The second-order valence-corrected chi connectivity index (χ2v) is 44.3. The molecule has 0 spiro atoms. The van der Waals surface area contributed by atoms with Gasteiger partial charge in [0, 0.05) is 187 Å². The molecule has 778 valence electrons. The Balaban J connectivity index is 0.000000132. The maximum Gasteiger partial charge on any atom is 0.245 e. The van der Waals surface area contributed by atoms with Crippen LogP contribution in [0.1, 0.15) is 204 Å². The second-order valence-electron chi connectivity index (χ2n) is 38.2. The average Bonchev–Trinajstić information content (AvgIpc) is 1.66. The van der Waals surface area contributed by atoms with E-state index < -0.39 is 0 Å². The monoisotopic (exact) mass is 2110 g/mol. The van der Waals surface area contributed by atoms with E-state index in [-0.39, 0.29) is 103 Å². The van der Waals surface area contributed by atoms with Crippen LogP contribution >= 0.6 is 56.7 Å². The van der Waals surface area contributed by atoms with Crippen LogP contribution in [0, 0.1) is 84.5 Å². The number of carbonyl (C=O) groups is 5. The zero-order valence-corrected chi connectivity index (χ0v) is 90.2. The fraction of sp³-hybridized carbons (Fsp3) is 0.434. The largest absolute Gasteiger partial charge is 0.375 e. The summed E-state index contributed by atoms with van der Waals surface area (Å²) in [6.07, 6.45) is 11.2. The van der Waals surface area contributed by atoms with Crippen LogP contribution in [0.3, 0.4) is 0 Å². The summed E-state index contributed by atoms with van der Waals surface area (Å²) in [6, 6.07) is 24.2. The third-order valence-corrected chi connectivity index (χ3v) is 31.3. The standard InChI is InChI=1S/2C22H26FN5OS.2C21H25FN6OS.C20H22FN5OS/c1-13(2)22-25-21(16-5-6-17(23)14(3)11-16)26-28(22)12-20(29)27-9-7-18-19(8-10-27)30-15(4)24-18;1-4-5-20-25-22(16-6-7-17(23)14(2)12-16)26-28(20)13-21(29)27-10-8-18-19(9-11-27)30-15(3)24-18;1-12(2)20-25-19(14-4-5-15(22)13(3)10-14)26-28(20)11-18(29)27-8-6-16-17(7-9-27)30-21(23)24-16;1-3-4-18-25-20(14-5-6-15(22)13(2)11-14)26-28(18)12-19(29)27-9-7-16-17(8-10-27)30-21(23)24-16;1-4-5-18-23-20(14-6-7-15(21)12(2)8-14)24-26(18)11-19(27)25-9-16-17(10-25)28-13(3)22-16/h5-6,11,13H,7-10,12H2,1-4H3;6-7,12H,4-5,8-11,13H2,1-3H3;4-5,10,12H,6-9,11H2,1-3H3,(H2,23,24);5-6,11H,3-4,7-10,12H2,1-2H3,(H2,23,24);6-8H,4-5,9-11H2,1-3H3. The normalized spacial score (nSPS) is 13.9. The number of carbonyl (C=O) groups excluding carboxylic acids is 5.